The van der Waals surface area contributed by atoms with Crippen LogP contribution in [0.2, 0.25) is 0 Å². The van der Waals surface area contributed by atoms with Crippen LogP contribution in [0.5, 0.6) is 0 Å². The number of unbranched alkanes of at least 4 members (excludes halogenated alkanes) is 1. The van der Waals surface area contributed by atoms with Crippen molar-refractivity contribution in [2.75, 3.05) is 6.61 Å². The highest BCUT2D eigenvalue weighted by Gasteiger charge is 2.17. The molecule has 0 aliphatic carbocycles. The van der Waals surface area contributed by atoms with Gasteiger partial charge in [-0.05, 0) is 35.7 Å². The molecule has 0 atom stereocenters. The van der Waals surface area contributed by atoms with Crippen molar-refractivity contribution in [3.8, 4) is 0 Å². The van der Waals surface area contributed by atoms with Crippen LogP contribution >= 0.6 is 27.3 Å². The van der Waals surface area contributed by atoms with Gasteiger partial charge in [-0.3, -0.25) is 0 Å². The Balaban J connectivity index is 2.80. The van der Waals surface area contributed by atoms with Crippen molar-refractivity contribution in [2.45, 2.75) is 33.1 Å². The summed E-state index contributed by atoms with van der Waals surface area (Å²) in [5.74, 6) is -0.258. The standard InChI is InChI=1S/C10H14BrNO2S/c1-3-5-6-7-8(9(13)14-4-2)15-10(11)12-7/h3-6H2,1-2H3. The van der Waals surface area contributed by atoms with Gasteiger partial charge in [-0.25, -0.2) is 9.78 Å². The van der Waals surface area contributed by atoms with Crippen LogP contribution in [0.15, 0.2) is 3.92 Å². The molecule has 0 saturated heterocycles. The van der Waals surface area contributed by atoms with E-state index in [9.17, 15) is 4.79 Å². The van der Waals surface area contributed by atoms with Gasteiger partial charge < -0.3 is 4.74 Å². The quantitative estimate of drug-likeness (QED) is 0.781. The van der Waals surface area contributed by atoms with Crippen molar-refractivity contribution in [3.05, 3.63) is 14.5 Å². The third-order valence-corrected chi connectivity index (χ3v) is 3.43. The van der Waals surface area contributed by atoms with E-state index in [2.05, 4.69) is 27.8 Å². The zero-order chi connectivity index (χ0) is 11.3. The Morgan fingerprint density at radius 1 is 1.53 bits per heavy atom. The minimum atomic E-state index is -0.258. The summed E-state index contributed by atoms with van der Waals surface area (Å²) < 4.78 is 5.72. The number of thiazole rings is 1. The Kier molecular flexibility index (Phi) is 5.25. The lowest BCUT2D eigenvalue weighted by Crippen LogP contribution is -2.05. The number of ether oxygens (including phenoxy) is 1. The molecular weight excluding hydrogens is 278 g/mol. The smallest absolute Gasteiger partial charge is 0.350 e. The average molecular weight is 292 g/mol. The topological polar surface area (TPSA) is 39.2 Å². The number of esters is 1. The van der Waals surface area contributed by atoms with E-state index in [0.29, 0.717) is 11.5 Å². The molecule has 0 radical (unpaired) electrons. The van der Waals surface area contributed by atoms with Crippen LogP contribution in [-0.4, -0.2) is 17.6 Å². The number of carbonyl (C=O) groups excluding carboxylic acids is 1. The first-order valence-corrected chi connectivity index (χ1v) is 6.62. The maximum Gasteiger partial charge on any atom is 0.350 e. The molecule has 0 aliphatic rings. The molecule has 1 rings (SSSR count). The van der Waals surface area contributed by atoms with Crippen LogP contribution in [0.4, 0.5) is 0 Å². The summed E-state index contributed by atoms with van der Waals surface area (Å²) in [6.45, 7) is 4.33. The van der Waals surface area contributed by atoms with E-state index in [1.54, 1.807) is 6.92 Å². The molecule has 0 unspecified atom stereocenters. The van der Waals surface area contributed by atoms with Crippen LogP contribution in [0.25, 0.3) is 0 Å². The van der Waals surface area contributed by atoms with Crippen LogP contribution in [0.3, 0.4) is 0 Å². The molecule has 3 nitrogen and oxygen atoms in total. The lowest BCUT2D eigenvalue weighted by atomic mass is 10.2. The summed E-state index contributed by atoms with van der Waals surface area (Å²) in [5.41, 5.74) is 0.854. The van der Waals surface area contributed by atoms with Gasteiger partial charge in [-0.15, -0.1) is 0 Å². The zero-order valence-corrected chi connectivity index (χ0v) is 11.3. The lowest BCUT2D eigenvalue weighted by molar-refractivity contribution is 0.0530. The van der Waals surface area contributed by atoms with Gasteiger partial charge in [0.25, 0.3) is 0 Å². The Hall–Kier alpha value is -0.420. The maximum absolute atomic E-state index is 11.6. The van der Waals surface area contributed by atoms with Gasteiger partial charge >= 0.3 is 5.97 Å². The van der Waals surface area contributed by atoms with Crippen LogP contribution < -0.4 is 0 Å². The average Bonchev–Trinajstić information content (AvgIpc) is 2.57. The SMILES string of the molecule is CCCCc1nc(Br)sc1C(=O)OCC. The molecule has 0 amide bonds. The van der Waals surface area contributed by atoms with E-state index in [1.165, 1.54) is 11.3 Å². The van der Waals surface area contributed by atoms with Crippen molar-refractivity contribution < 1.29 is 9.53 Å². The number of aromatic nitrogens is 1. The third-order valence-electron chi connectivity index (χ3n) is 1.90. The molecule has 1 aromatic rings. The molecule has 0 aromatic carbocycles. The number of aryl methyl sites for hydroxylation is 1. The van der Waals surface area contributed by atoms with Gasteiger partial charge in [0.1, 0.15) is 4.88 Å². The monoisotopic (exact) mass is 291 g/mol. The molecule has 84 valence electrons. The molecule has 0 bridgehead atoms. The van der Waals surface area contributed by atoms with Gasteiger partial charge in [0.2, 0.25) is 0 Å². The highest BCUT2D eigenvalue weighted by molar-refractivity contribution is 9.11. The van der Waals surface area contributed by atoms with E-state index >= 15 is 0 Å². The Morgan fingerprint density at radius 3 is 2.87 bits per heavy atom. The number of nitrogens with zero attached hydrogens (tertiary/aromatic N) is 1. The summed E-state index contributed by atoms with van der Waals surface area (Å²) in [6, 6.07) is 0. The van der Waals surface area contributed by atoms with E-state index < -0.39 is 0 Å². The fourth-order valence-electron chi connectivity index (χ4n) is 1.19. The zero-order valence-electron chi connectivity index (χ0n) is 8.88. The number of hydrogen-bond acceptors (Lipinski definition) is 4. The predicted octanol–water partition coefficient (Wildman–Crippen LogP) is 3.42. The second kappa shape index (κ2) is 6.23. The second-order valence-corrected chi connectivity index (χ2v) is 5.34. The van der Waals surface area contributed by atoms with Crippen molar-refractivity contribution in [1.29, 1.82) is 0 Å². The number of rotatable bonds is 5. The largest absolute Gasteiger partial charge is 0.462 e. The number of carbonyl (C=O) groups is 1. The summed E-state index contributed by atoms with van der Waals surface area (Å²) in [4.78, 5) is 16.5. The van der Waals surface area contributed by atoms with Gasteiger partial charge in [-0.1, -0.05) is 24.7 Å². The van der Waals surface area contributed by atoms with Crippen LogP contribution in [-0.2, 0) is 11.2 Å². The molecular formula is C10H14BrNO2S. The summed E-state index contributed by atoms with van der Waals surface area (Å²) >= 11 is 4.64. The highest BCUT2D eigenvalue weighted by Crippen LogP contribution is 2.25. The van der Waals surface area contributed by atoms with Crippen molar-refractivity contribution in [2.24, 2.45) is 0 Å². The predicted molar refractivity (Wildman–Crippen MR) is 64.4 cm³/mol. The van der Waals surface area contributed by atoms with Gasteiger partial charge in [0, 0.05) is 0 Å². The normalized spacial score (nSPS) is 10.3. The van der Waals surface area contributed by atoms with E-state index in [4.69, 9.17) is 4.74 Å². The molecule has 5 heteroatoms. The minimum Gasteiger partial charge on any atom is -0.462 e. The van der Waals surface area contributed by atoms with Gasteiger partial charge in [0.05, 0.1) is 12.3 Å². The molecule has 0 spiro atoms. The Bertz CT molecular complexity index is 338. The highest BCUT2D eigenvalue weighted by atomic mass is 79.9. The fraction of sp³-hybridized carbons (Fsp3) is 0.600. The van der Waals surface area contributed by atoms with Crippen LogP contribution in [0, 0.1) is 0 Å². The first kappa shape index (κ1) is 12.6. The third kappa shape index (κ3) is 3.57. The number of halogens is 1. The maximum atomic E-state index is 11.6. The summed E-state index contributed by atoms with van der Waals surface area (Å²) in [7, 11) is 0. The van der Waals surface area contributed by atoms with Crippen molar-refractivity contribution in [1.82, 2.24) is 4.98 Å². The first-order valence-electron chi connectivity index (χ1n) is 5.01. The molecule has 1 heterocycles. The van der Waals surface area contributed by atoms with E-state index in [1.807, 2.05) is 0 Å². The molecule has 0 aliphatic heterocycles. The molecule has 0 saturated carbocycles. The number of hydrogen-bond donors (Lipinski definition) is 0. The van der Waals surface area contributed by atoms with E-state index in [0.717, 1.165) is 28.9 Å². The van der Waals surface area contributed by atoms with Gasteiger partial charge in [0.15, 0.2) is 3.92 Å². The van der Waals surface area contributed by atoms with E-state index in [-0.39, 0.29) is 5.97 Å². The fourth-order valence-corrected chi connectivity index (χ4v) is 2.62. The lowest BCUT2D eigenvalue weighted by Gasteiger charge is -2.00. The summed E-state index contributed by atoms with van der Waals surface area (Å²) in [6.07, 6.45) is 2.98. The van der Waals surface area contributed by atoms with Crippen molar-refractivity contribution in [3.63, 3.8) is 0 Å². The Labute approximate surface area is 102 Å². The second-order valence-electron chi connectivity index (χ2n) is 3.07. The molecule has 0 fully saturated rings. The molecule has 1 aromatic heterocycles. The van der Waals surface area contributed by atoms with Crippen molar-refractivity contribution >= 4 is 33.2 Å². The van der Waals surface area contributed by atoms with Gasteiger partial charge in [-0.2, -0.15) is 0 Å². The minimum absolute atomic E-state index is 0.258. The molecule has 0 N–H and O–H groups in total. The summed E-state index contributed by atoms with van der Waals surface area (Å²) in [5, 5.41) is 0. The molecule has 15 heavy (non-hydrogen) atoms. The Morgan fingerprint density at radius 2 is 2.27 bits per heavy atom. The van der Waals surface area contributed by atoms with Crippen LogP contribution in [0.1, 0.15) is 42.1 Å². The first-order chi connectivity index (χ1) is 7.19.